The average Bonchev–Trinajstić information content (AvgIpc) is 2.49. The Morgan fingerprint density at radius 1 is 0.609 bits per heavy atom. The van der Waals surface area contributed by atoms with Gasteiger partial charge in [0.15, 0.2) is 0 Å². The van der Waals surface area contributed by atoms with E-state index in [4.69, 9.17) is 10.2 Å². The van der Waals surface area contributed by atoms with Crippen LogP contribution in [-0.2, 0) is 0 Å². The van der Waals surface area contributed by atoms with Crippen molar-refractivity contribution in [1.29, 1.82) is 0 Å². The summed E-state index contributed by atoms with van der Waals surface area (Å²) < 4.78 is 0. The molecule has 3 heteroatoms. The number of hydrogen-bond acceptors (Lipinski definition) is 2. The summed E-state index contributed by atoms with van der Waals surface area (Å²) in [5, 5.41) is 18.5. The summed E-state index contributed by atoms with van der Waals surface area (Å²) in [6, 6.07) is 24.4. The zero-order chi connectivity index (χ0) is 17.1. The molecule has 0 aliphatic carbocycles. The summed E-state index contributed by atoms with van der Waals surface area (Å²) in [4.78, 5) is 0. The van der Waals surface area contributed by atoms with Gasteiger partial charge in [0.25, 0.3) is 0 Å². The monoisotopic (exact) mass is 326 g/mol. The van der Waals surface area contributed by atoms with Gasteiger partial charge >= 0.3 is 0 Å². The van der Waals surface area contributed by atoms with Crippen LogP contribution in [0.3, 0.4) is 0 Å². The van der Waals surface area contributed by atoms with Crippen LogP contribution in [0.2, 0.25) is 0 Å². The standard InChI is InChI=1S/C8H10.C6H6O2.C6H7P/c1-7-4-3-5-8(2)6-7;7-5-2-1-3-6(8)4-5;7-6-4-2-1-3-5-6/h3-6H,1-2H3;1-4,7-8H;1-5H,7H2. The quantitative estimate of drug-likeness (QED) is 0.593. The van der Waals surface area contributed by atoms with Gasteiger partial charge in [-0.2, -0.15) is 0 Å². The highest BCUT2D eigenvalue weighted by atomic mass is 31.0. The van der Waals surface area contributed by atoms with Crippen molar-refractivity contribution in [3.8, 4) is 11.5 Å². The lowest BCUT2D eigenvalue weighted by Crippen LogP contribution is -1.82. The van der Waals surface area contributed by atoms with E-state index in [1.54, 1.807) is 6.07 Å². The van der Waals surface area contributed by atoms with E-state index >= 15 is 0 Å². The van der Waals surface area contributed by atoms with Crippen LogP contribution in [0.5, 0.6) is 11.5 Å². The van der Waals surface area contributed by atoms with Crippen LogP contribution < -0.4 is 5.30 Å². The highest BCUT2D eigenvalue weighted by Gasteiger charge is 1.85. The number of phenolic OH excluding ortho intramolecular Hbond substituents is 2. The van der Waals surface area contributed by atoms with Gasteiger partial charge in [0.1, 0.15) is 11.5 Å². The molecule has 0 spiro atoms. The van der Waals surface area contributed by atoms with Gasteiger partial charge in [0.2, 0.25) is 0 Å². The molecule has 0 saturated carbocycles. The molecule has 0 bridgehead atoms. The zero-order valence-electron chi connectivity index (χ0n) is 13.5. The molecule has 2 nitrogen and oxygen atoms in total. The Kier molecular flexibility index (Phi) is 8.49. The Morgan fingerprint density at radius 3 is 1.35 bits per heavy atom. The lowest BCUT2D eigenvalue weighted by molar-refractivity contribution is 0.450. The highest BCUT2D eigenvalue weighted by molar-refractivity contribution is 7.27. The normalized spacial score (nSPS) is 9.00. The molecule has 23 heavy (non-hydrogen) atoms. The molecule has 0 radical (unpaired) electrons. The zero-order valence-corrected chi connectivity index (χ0v) is 14.6. The van der Waals surface area contributed by atoms with E-state index in [0.29, 0.717) is 0 Å². The Hall–Kier alpha value is -2.31. The smallest absolute Gasteiger partial charge is 0.119 e. The predicted octanol–water partition coefficient (Wildman–Crippen LogP) is 4.59. The average molecular weight is 326 g/mol. The topological polar surface area (TPSA) is 40.5 Å². The summed E-state index contributed by atoms with van der Waals surface area (Å²) in [7, 11) is 2.63. The number of phenols is 2. The maximum Gasteiger partial charge on any atom is 0.119 e. The molecular weight excluding hydrogens is 303 g/mol. The van der Waals surface area contributed by atoms with Crippen molar-refractivity contribution in [2.75, 3.05) is 0 Å². The minimum absolute atomic E-state index is 0.0880. The van der Waals surface area contributed by atoms with E-state index in [2.05, 4.69) is 47.4 Å². The number of aryl methyl sites for hydroxylation is 2. The molecule has 0 aliphatic heterocycles. The van der Waals surface area contributed by atoms with Crippen LogP contribution in [0, 0.1) is 13.8 Å². The van der Waals surface area contributed by atoms with Crippen LogP contribution in [0.15, 0.2) is 78.9 Å². The number of rotatable bonds is 0. The molecule has 1 unspecified atom stereocenters. The molecule has 0 amide bonds. The fourth-order valence-corrected chi connectivity index (χ4v) is 1.98. The molecule has 3 aromatic rings. The summed E-state index contributed by atoms with van der Waals surface area (Å²) in [6.07, 6.45) is 0. The maximum absolute atomic E-state index is 8.65. The molecule has 0 fully saturated rings. The summed E-state index contributed by atoms with van der Waals surface area (Å²) in [5.41, 5.74) is 2.68. The Morgan fingerprint density at radius 2 is 1.09 bits per heavy atom. The molecule has 3 rings (SSSR count). The van der Waals surface area contributed by atoms with Gasteiger partial charge in [-0.3, -0.25) is 0 Å². The van der Waals surface area contributed by atoms with Crippen LogP contribution in [0.1, 0.15) is 11.1 Å². The first kappa shape index (κ1) is 18.7. The fourth-order valence-electron chi connectivity index (χ4n) is 1.75. The van der Waals surface area contributed by atoms with Crippen molar-refractivity contribution in [2.24, 2.45) is 0 Å². The van der Waals surface area contributed by atoms with Gasteiger partial charge in [-0.25, -0.2) is 0 Å². The SMILES string of the molecule is Cc1cccc(C)c1.Oc1cccc(O)c1.Pc1ccccc1. The summed E-state index contributed by atoms with van der Waals surface area (Å²) in [6.45, 7) is 4.21. The van der Waals surface area contributed by atoms with E-state index in [0.717, 1.165) is 0 Å². The Bertz CT molecular complexity index is 619. The molecule has 3 aromatic carbocycles. The van der Waals surface area contributed by atoms with E-state index in [1.807, 2.05) is 30.3 Å². The fraction of sp³-hybridized carbons (Fsp3) is 0.100. The van der Waals surface area contributed by atoms with Gasteiger partial charge in [0, 0.05) is 6.07 Å². The highest BCUT2D eigenvalue weighted by Crippen LogP contribution is 2.14. The largest absolute Gasteiger partial charge is 0.508 e. The number of hydrogen-bond donors (Lipinski definition) is 2. The summed E-state index contributed by atoms with van der Waals surface area (Å²) in [5.74, 6) is 0.176. The molecule has 0 aromatic heterocycles. The van der Waals surface area contributed by atoms with Crippen molar-refractivity contribution in [3.05, 3.63) is 90.0 Å². The lowest BCUT2D eigenvalue weighted by Gasteiger charge is -1.90. The molecule has 2 N–H and O–H groups in total. The Balaban J connectivity index is 0.000000173. The molecule has 120 valence electrons. The molecule has 1 atom stereocenters. The van der Waals surface area contributed by atoms with Crippen molar-refractivity contribution in [1.82, 2.24) is 0 Å². The lowest BCUT2D eigenvalue weighted by atomic mass is 10.2. The van der Waals surface area contributed by atoms with Gasteiger partial charge in [-0.1, -0.05) is 71.8 Å². The van der Waals surface area contributed by atoms with Gasteiger partial charge in [-0.15, -0.1) is 9.24 Å². The van der Waals surface area contributed by atoms with Crippen LogP contribution in [-0.4, -0.2) is 10.2 Å². The molecular formula is C20H23O2P. The first-order valence-electron chi connectivity index (χ1n) is 7.29. The van der Waals surface area contributed by atoms with Crippen molar-refractivity contribution < 1.29 is 10.2 Å². The number of benzene rings is 3. The van der Waals surface area contributed by atoms with Gasteiger partial charge in [-0.05, 0) is 31.3 Å². The second kappa shape index (κ2) is 10.4. The molecule has 0 aliphatic rings. The summed E-state index contributed by atoms with van der Waals surface area (Å²) >= 11 is 0. The van der Waals surface area contributed by atoms with Crippen LogP contribution in [0.25, 0.3) is 0 Å². The maximum atomic E-state index is 8.65. The van der Waals surface area contributed by atoms with Crippen LogP contribution >= 0.6 is 9.24 Å². The van der Waals surface area contributed by atoms with Gasteiger partial charge < -0.3 is 10.2 Å². The Labute approximate surface area is 140 Å². The third-order valence-corrected chi connectivity index (χ3v) is 3.19. The first-order chi connectivity index (χ1) is 11.0. The van der Waals surface area contributed by atoms with Crippen molar-refractivity contribution >= 4 is 14.5 Å². The number of aromatic hydroxyl groups is 2. The first-order valence-corrected chi connectivity index (χ1v) is 7.87. The van der Waals surface area contributed by atoms with E-state index in [9.17, 15) is 0 Å². The van der Waals surface area contributed by atoms with Crippen molar-refractivity contribution in [2.45, 2.75) is 13.8 Å². The van der Waals surface area contributed by atoms with E-state index < -0.39 is 0 Å². The molecule has 0 heterocycles. The van der Waals surface area contributed by atoms with Crippen LogP contribution in [0.4, 0.5) is 0 Å². The second-order valence-corrected chi connectivity index (χ2v) is 5.76. The third kappa shape index (κ3) is 9.34. The predicted molar refractivity (Wildman–Crippen MR) is 101 cm³/mol. The van der Waals surface area contributed by atoms with E-state index in [1.165, 1.54) is 34.6 Å². The molecule has 0 saturated heterocycles. The van der Waals surface area contributed by atoms with E-state index in [-0.39, 0.29) is 11.5 Å². The third-order valence-electron chi connectivity index (χ3n) is 2.80. The second-order valence-electron chi connectivity index (χ2n) is 5.09. The minimum atomic E-state index is 0.0880. The minimum Gasteiger partial charge on any atom is -0.508 e. The van der Waals surface area contributed by atoms with Crippen molar-refractivity contribution in [3.63, 3.8) is 0 Å². The van der Waals surface area contributed by atoms with Gasteiger partial charge in [0.05, 0.1) is 0 Å².